The topological polar surface area (TPSA) is 70.8 Å². The molecule has 0 spiro atoms. The van der Waals surface area contributed by atoms with Crippen molar-refractivity contribution in [2.75, 3.05) is 19.0 Å². The lowest BCUT2D eigenvalue weighted by molar-refractivity contribution is 0.0983. The lowest BCUT2D eigenvalue weighted by atomic mass is 10.1. The van der Waals surface area contributed by atoms with Crippen molar-refractivity contribution < 1.29 is 17.6 Å². The number of sulfonamides is 1. The Labute approximate surface area is 169 Å². The van der Waals surface area contributed by atoms with E-state index in [0.29, 0.717) is 11.4 Å². The highest BCUT2D eigenvalue weighted by Gasteiger charge is 2.25. The van der Waals surface area contributed by atoms with Crippen LogP contribution in [0.25, 0.3) is 0 Å². The smallest absolute Gasteiger partial charge is 0.258 e. The number of nitrogens with zero attached hydrogens (tertiary/aromatic N) is 2. The Morgan fingerprint density at radius 1 is 1.04 bits per heavy atom. The van der Waals surface area contributed by atoms with Crippen molar-refractivity contribution >= 4 is 33.2 Å². The molecule has 0 radical (unpaired) electrons. The molecule has 1 aromatic heterocycles. The SMILES string of the molecule is CN(C)S(=O)(=O)c1cc(C(=O)N(Cc2ccco2)c2ccccc2)ccc1Cl. The molecule has 0 aliphatic carbocycles. The maximum Gasteiger partial charge on any atom is 0.258 e. The molecule has 1 heterocycles. The molecule has 0 N–H and O–H groups in total. The van der Waals surface area contributed by atoms with E-state index in [0.717, 1.165) is 4.31 Å². The van der Waals surface area contributed by atoms with Crippen LogP contribution >= 0.6 is 11.6 Å². The minimum atomic E-state index is -3.79. The molecule has 2 aromatic carbocycles. The standard InChI is InChI=1S/C20H19ClN2O4S/c1-22(2)28(25,26)19-13-15(10-11-18(19)21)20(24)23(14-17-9-6-12-27-17)16-7-4-3-5-8-16/h3-13H,14H2,1-2H3. The van der Waals surface area contributed by atoms with Gasteiger partial charge in [0.25, 0.3) is 5.91 Å². The Morgan fingerprint density at radius 3 is 2.36 bits per heavy atom. The summed E-state index contributed by atoms with van der Waals surface area (Å²) in [4.78, 5) is 14.7. The first-order valence-corrected chi connectivity index (χ1v) is 10.2. The van der Waals surface area contributed by atoms with E-state index >= 15 is 0 Å². The summed E-state index contributed by atoms with van der Waals surface area (Å²) in [5.74, 6) is 0.238. The minimum Gasteiger partial charge on any atom is -0.467 e. The monoisotopic (exact) mass is 418 g/mol. The van der Waals surface area contributed by atoms with Gasteiger partial charge in [0.15, 0.2) is 0 Å². The number of carbonyl (C=O) groups is 1. The van der Waals surface area contributed by atoms with Crippen LogP contribution in [0.5, 0.6) is 0 Å². The summed E-state index contributed by atoms with van der Waals surface area (Å²) in [6, 6.07) is 16.8. The average molecular weight is 419 g/mol. The number of furan rings is 1. The predicted molar refractivity (Wildman–Crippen MR) is 108 cm³/mol. The second-order valence-corrected chi connectivity index (χ2v) is 8.77. The van der Waals surface area contributed by atoms with Crippen molar-refractivity contribution in [1.29, 1.82) is 0 Å². The van der Waals surface area contributed by atoms with Crippen LogP contribution in [0.15, 0.2) is 76.2 Å². The molecule has 0 aliphatic heterocycles. The summed E-state index contributed by atoms with van der Waals surface area (Å²) >= 11 is 6.10. The van der Waals surface area contributed by atoms with E-state index in [4.69, 9.17) is 16.0 Å². The maximum atomic E-state index is 13.3. The van der Waals surface area contributed by atoms with Crippen molar-refractivity contribution in [3.05, 3.63) is 83.3 Å². The Bertz CT molecular complexity index is 1060. The van der Waals surface area contributed by atoms with Crippen LogP contribution in [0.4, 0.5) is 5.69 Å². The van der Waals surface area contributed by atoms with E-state index in [1.54, 1.807) is 24.3 Å². The van der Waals surface area contributed by atoms with Crippen LogP contribution < -0.4 is 4.90 Å². The van der Waals surface area contributed by atoms with Gasteiger partial charge in [0.2, 0.25) is 10.0 Å². The number of para-hydroxylation sites is 1. The average Bonchev–Trinajstić information content (AvgIpc) is 3.19. The molecule has 0 unspecified atom stereocenters. The first kappa shape index (κ1) is 20.1. The molecule has 0 fully saturated rings. The van der Waals surface area contributed by atoms with Gasteiger partial charge in [-0.05, 0) is 42.5 Å². The van der Waals surface area contributed by atoms with E-state index in [2.05, 4.69) is 0 Å². The maximum absolute atomic E-state index is 13.3. The van der Waals surface area contributed by atoms with Crippen LogP contribution in [0.3, 0.4) is 0 Å². The number of hydrogen-bond acceptors (Lipinski definition) is 4. The molecule has 3 rings (SSSR count). The summed E-state index contributed by atoms with van der Waals surface area (Å²) in [7, 11) is -0.972. The Kier molecular flexibility index (Phi) is 5.88. The fourth-order valence-electron chi connectivity index (χ4n) is 2.63. The van der Waals surface area contributed by atoms with Crippen LogP contribution in [-0.4, -0.2) is 32.7 Å². The van der Waals surface area contributed by atoms with Crippen molar-refractivity contribution in [3.63, 3.8) is 0 Å². The molecule has 0 aliphatic rings. The zero-order chi connectivity index (χ0) is 20.3. The summed E-state index contributed by atoms with van der Waals surface area (Å²) < 4.78 is 31.5. The molecule has 1 amide bonds. The number of carbonyl (C=O) groups excluding carboxylic acids is 1. The molecular formula is C20H19ClN2O4S. The Morgan fingerprint density at radius 2 is 1.75 bits per heavy atom. The lowest BCUT2D eigenvalue weighted by Gasteiger charge is -2.22. The number of rotatable bonds is 6. The van der Waals surface area contributed by atoms with Gasteiger partial charge in [0.1, 0.15) is 10.7 Å². The fourth-order valence-corrected chi connectivity index (χ4v) is 4.03. The molecule has 0 bridgehead atoms. The molecule has 28 heavy (non-hydrogen) atoms. The van der Waals surface area contributed by atoms with Crippen LogP contribution in [0.1, 0.15) is 16.1 Å². The largest absolute Gasteiger partial charge is 0.467 e. The van der Waals surface area contributed by atoms with Crippen molar-refractivity contribution in [2.45, 2.75) is 11.4 Å². The molecule has 8 heteroatoms. The normalized spacial score (nSPS) is 11.6. The highest BCUT2D eigenvalue weighted by molar-refractivity contribution is 7.89. The zero-order valence-electron chi connectivity index (χ0n) is 15.4. The van der Waals surface area contributed by atoms with Crippen molar-refractivity contribution in [2.24, 2.45) is 0 Å². The van der Waals surface area contributed by atoms with E-state index in [1.165, 1.54) is 43.5 Å². The van der Waals surface area contributed by atoms with E-state index in [-0.39, 0.29) is 27.9 Å². The second-order valence-electron chi connectivity index (χ2n) is 6.24. The number of halogens is 1. The molecule has 146 valence electrons. The molecular weight excluding hydrogens is 400 g/mol. The van der Waals surface area contributed by atoms with Crippen molar-refractivity contribution in [3.8, 4) is 0 Å². The molecule has 0 atom stereocenters. The van der Waals surface area contributed by atoms with Gasteiger partial charge >= 0.3 is 0 Å². The van der Waals surface area contributed by atoms with Crippen LogP contribution in [-0.2, 0) is 16.6 Å². The van der Waals surface area contributed by atoms with Gasteiger partial charge in [-0.1, -0.05) is 29.8 Å². The number of hydrogen-bond donors (Lipinski definition) is 0. The number of anilines is 1. The lowest BCUT2D eigenvalue weighted by Crippen LogP contribution is -2.30. The molecule has 3 aromatic rings. The highest BCUT2D eigenvalue weighted by Crippen LogP contribution is 2.27. The van der Waals surface area contributed by atoms with E-state index < -0.39 is 10.0 Å². The fraction of sp³-hybridized carbons (Fsp3) is 0.150. The van der Waals surface area contributed by atoms with E-state index in [1.807, 2.05) is 18.2 Å². The molecule has 0 saturated heterocycles. The summed E-state index contributed by atoms with van der Waals surface area (Å²) in [5.41, 5.74) is 0.871. The summed E-state index contributed by atoms with van der Waals surface area (Å²) in [6.07, 6.45) is 1.53. The van der Waals surface area contributed by atoms with Crippen LogP contribution in [0.2, 0.25) is 5.02 Å². The molecule has 0 saturated carbocycles. The quantitative estimate of drug-likeness (QED) is 0.606. The first-order valence-electron chi connectivity index (χ1n) is 8.42. The minimum absolute atomic E-state index is 0.0579. The summed E-state index contributed by atoms with van der Waals surface area (Å²) in [5, 5.41) is 0.0579. The van der Waals surface area contributed by atoms with Crippen molar-refractivity contribution in [1.82, 2.24) is 4.31 Å². The van der Waals surface area contributed by atoms with Gasteiger partial charge in [-0.2, -0.15) is 0 Å². The predicted octanol–water partition coefficient (Wildman–Crippen LogP) is 4.03. The third-order valence-corrected chi connectivity index (χ3v) is 6.44. The van der Waals surface area contributed by atoms with Gasteiger partial charge in [-0.15, -0.1) is 0 Å². The Hall–Kier alpha value is -2.61. The van der Waals surface area contributed by atoms with Gasteiger partial charge in [-0.3, -0.25) is 4.79 Å². The third kappa shape index (κ3) is 4.11. The number of benzene rings is 2. The number of amides is 1. The van der Waals surface area contributed by atoms with Crippen LogP contribution in [0, 0.1) is 0 Å². The molecule has 6 nitrogen and oxygen atoms in total. The van der Waals surface area contributed by atoms with Gasteiger partial charge in [0, 0.05) is 25.3 Å². The summed E-state index contributed by atoms with van der Waals surface area (Å²) in [6.45, 7) is 0.203. The van der Waals surface area contributed by atoms with Gasteiger partial charge in [0.05, 0.1) is 17.8 Å². The van der Waals surface area contributed by atoms with E-state index in [9.17, 15) is 13.2 Å². The highest BCUT2D eigenvalue weighted by atomic mass is 35.5. The first-order chi connectivity index (χ1) is 13.3. The second kappa shape index (κ2) is 8.18. The zero-order valence-corrected chi connectivity index (χ0v) is 16.9. The van der Waals surface area contributed by atoms with Gasteiger partial charge in [-0.25, -0.2) is 12.7 Å². The van der Waals surface area contributed by atoms with Gasteiger partial charge < -0.3 is 9.32 Å². The Balaban J connectivity index is 2.04. The third-order valence-electron chi connectivity index (χ3n) is 4.14.